The predicted molar refractivity (Wildman–Crippen MR) is 116 cm³/mol. The standard InChI is InChI=1S/C20H29N5O2S2/c1-2-14-29(26,27)22-17-10-12-23(13-11-17)15-24-20(28)25(18-6-4-3-5-7-18)19(21-24)16-8-9-16/h3-7,16-17,22H,2,8-15H2,1H3. The Morgan fingerprint density at radius 3 is 2.45 bits per heavy atom. The molecule has 1 aliphatic carbocycles. The number of hydrogen-bond donors (Lipinski definition) is 1. The average Bonchev–Trinajstić information content (AvgIpc) is 3.49. The normalized spacial score (nSPS) is 18.9. The molecule has 2 aromatic rings. The molecule has 7 nitrogen and oxygen atoms in total. The summed E-state index contributed by atoms with van der Waals surface area (Å²) in [4.78, 5) is 2.30. The molecular formula is C20H29N5O2S2. The Morgan fingerprint density at radius 1 is 1.14 bits per heavy atom. The molecule has 0 radical (unpaired) electrons. The SMILES string of the molecule is CCCS(=O)(=O)NC1CCN(Cn2nc(C3CC3)n(-c3ccccc3)c2=S)CC1. The molecule has 0 spiro atoms. The average molecular weight is 436 g/mol. The van der Waals surface area contributed by atoms with Crippen LogP contribution in [0, 0.1) is 4.77 Å². The van der Waals surface area contributed by atoms with Crippen LogP contribution in [0.2, 0.25) is 0 Å². The van der Waals surface area contributed by atoms with Crippen LogP contribution in [0.15, 0.2) is 30.3 Å². The van der Waals surface area contributed by atoms with Crippen molar-refractivity contribution in [3.63, 3.8) is 0 Å². The summed E-state index contributed by atoms with van der Waals surface area (Å²) in [5, 5.41) is 4.87. The summed E-state index contributed by atoms with van der Waals surface area (Å²) in [5.41, 5.74) is 1.06. The van der Waals surface area contributed by atoms with Crippen LogP contribution in [0.3, 0.4) is 0 Å². The molecule has 0 bridgehead atoms. The van der Waals surface area contributed by atoms with Crippen molar-refractivity contribution in [3.05, 3.63) is 40.9 Å². The lowest BCUT2D eigenvalue weighted by molar-refractivity contribution is 0.157. The van der Waals surface area contributed by atoms with Crippen molar-refractivity contribution in [2.45, 2.75) is 57.7 Å². The number of sulfonamides is 1. The fraction of sp³-hybridized carbons (Fsp3) is 0.600. The highest BCUT2D eigenvalue weighted by Gasteiger charge is 2.31. The first-order chi connectivity index (χ1) is 14.0. The van der Waals surface area contributed by atoms with E-state index in [1.165, 1.54) is 12.8 Å². The molecule has 1 aromatic carbocycles. The maximum Gasteiger partial charge on any atom is 0.211 e. The Hall–Kier alpha value is -1.55. The van der Waals surface area contributed by atoms with Gasteiger partial charge < -0.3 is 0 Å². The van der Waals surface area contributed by atoms with E-state index in [-0.39, 0.29) is 11.8 Å². The van der Waals surface area contributed by atoms with Gasteiger partial charge in [-0.05, 0) is 56.5 Å². The Bertz CT molecular complexity index is 988. The molecule has 158 valence electrons. The van der Waals surface area contributed by atoms with Crippen molar-refractivity contribution in [1.82, 2.24) is 24.0 Å². The van der Waals surface area contributed by atoms with Crippen LogP contribution in [-0.2, 0) is 16.7 Å². The zero-order valence-corrected chi connectivity index (χ0v) is 18.5. The summed E-state index contributed by atoms with van der Waals surface area (Å²) in [6, 6.07) is 10.2. The minimum atomic E-state index is -3.16. The highest BCUT2D eigenvalue weighted by atomic mass is 32.2. The number of hydrogen-bond acceptors (Lipinski definition) is 5. The predicted octanol–water partition coefficient (Wildman–Crippen LogP) is 3.03. The molecule has 1 N–H and O–H groups in total. The van der Waals surface area contributed by atoms with Gasteiger partial charge in [0.15, 0.2) is 0 Å². The van der Waals surface area contributed by atoms with E-state index in [0.717, 1.165) is 42.2 Å². The minimum absolute atomic E-state index is 0.0275. The number of aromatic nitrogens is 3. The molecule has 9 heteroatoms. The fourth-order valence-corrected chi connectivity index (χ4v) is 5.60. The van der Waals surface area contributed by atoms with E-state index < -0.39 is 10.0 Å². The number of benzene rings is 1. The maximum atomic E-state index is 12.0. The summed E-state index contributed by atoms with van der Waals surface area (Å²) >= 11 is 5.78. The molecule has 2 heterocycles. The smallest absolute Gasteiger partial charge is 0.211 e. The molecular weight excluding hydrogens is 406 g/mol. The summed E-state index contributed by atoms with van der Waals surface area (Å²) in [6.45, 7) is 4.19. The lowest BCUT2D eigenvalue weighted by Gasteiger charge is -2.31. The van der Waals surface area contributed by atoms with E-state index in [1.807, 2.05) is 29.8 Å². The molecule has 1 aromatic heterocycles. The first-order valence-electron chi connectivity index (χ1n) is 10.4. The van der Waals surface area contributed by atoms with Gasteiger partial charge in [-0.2, -0.15) is 5.10 Å². The summed E-state index contributed by atoms with van der Waals surface area (Å²) < 4.78 is 31.6. The molecule has 0 atom stereocenters. The van der Waals surface area contributed by atoms with Crippen LogP contribution in [0.1, 0.15) is 50.8 Å². The first-order valence-corrected chi connectivity index (χ1v) is 12.5. The Morgan fingerprint density at radius 2 is 1.83 bits per heavy atom. The van der Waals surface area contributed by atoms with Gasteiger partial charge in [0.2, 0.25) is 14.8 Å². The zero-order valence-electron chi connectivity index (χ0n) is 16.8. The Balaban J connectivity index is 1.44. The van der Waals surface area contributed by atoms with E-state index in [1.54, 1.807) is 0 Å². The van der Waals surface area contributed by atoms with Crippen molar-refractivity contribution in [1.29, 1.82) is 0 Å². The second-order valence-electron chi connectivity index (χ2n) is 8.06. The molecule has 1 aliphatic heterocycles. The van der Waals surface area contributed by atoms with Crippen molar-refractivity contribution >= 4 is 22.2 Å². The number of rotatable bonds is 8. The van der Waals surface area contributed by atoms with Crippen molar-refractivity contribution in [2.24, 2.45) is 0 Å². The number of likely N-dealkylation sites (tertiary alicyclic amines) is 1. The fourth-order valence-electron chi connectivity index (χ4n) is 3.91. The molecule has 2 aliphatic rings. The molecule has 2 fully saturated rings. The largest absolute Gasteiger partial charge is 0.284 e. The van der Waals surface area contributed by atoms with E-state index in [0.29, 0.717) is 19.0 Å². The van der Waals surface area contributed by atoms with Gasteiger partial charge in [-0.15, -0.1) is 0 Å². The lowest BCUT2D eigenvalue weighted by Crippen LogP contribution is -2.45. The van der Waals surface area contributed by atoms with Gasteiger partial charge in [0, 0.05) is 30.7 Å². The van der Waals surface area contributed by atoms with E-state index >= 15 is 0 Å². The Labute approximate surface area is 177 Å². The van der Waals surface area contributed by atoms with Crippen LogP contribution in [0.5, 0.6) is 0 Å². The van der Waals surface area contributed by atoms with Crippen molar-refractivity contribution < 1.29 is 8.42 Å². The van der Waals surface area contributed by atoms with Gasteiger partial charge in [0.25, 0.3) is 0 Å². The molecule has 1 saturated carbocycles. The van der Waals surface area contributed by atoms with Gasteiger partial charge in [-0.1, -0.05) is 25.1 Å². The van der Waals surface area contributed by atoms with Crippen LogP contribution >= 0.6 is 12.2 Å². The number of para-hydroxylation sites is 1. The lowest BCUT2D eigenvalue weighted by atomic mass is 10.1. The van der Waals surface area contributed by atoms with Crippen LogP contribution in [0.4, 0.5) is 0 Å². The minimum Gasteiger partial charge on any atom is -0.284 e. The van der Waals surface area contributed by atoms with Crippen LogP contribution in [0.25, 0.3) is 5.69 Å². The monoisotopic (exact) mass is 435 g/mol. The molecule has 0 unspecified atom stereocenters. The van der Waals surface area contributed by atoms with Crippen molar-refractivity contribution in [3.8, 4) is 5.69 Å². The zero-order chi connectivity index (χ0) is 20.4. The summed E-state index contributed by atoms with van der Waals surface area (Å²) in [5.74, 6) is 1.75. The molecule has 4 rings (SSSR count). The van der Waals surface area contributed by atoms with Gasteiger partial charge in [0.05, 0.1) is 12.4 Å². The van der Waals surface area contributed by atoms with Gasteiger partial charge in [0.1, 0.15) is 5.82 Å². The second-order valence-corrected chi connectivity index (χ2v) is 10.3. The third-order valence-corrected chi connectivity index (χ3v) is 7.59. The summed E-state index contributed by atoms with van der Waals surface area (Å²) in [7, 11) is -3.16. The van der Waals surface area contributed by atoms with Gasteiger partial charge in [-0.25, -0.2) is 17.8 Å². The van der Waals surface area contributed by atoms with E-state index in [9.17, 15) is 8.42 Å². The highest BCUT2D eigenvalue weighted by Crippen LogP contribution is 2.40. The van der Waals surface area contributed by atoms with Crippen LogP contribution in [-0.4, -0.2) is 52.5 Å². The third-order valence-electron chi connectivity index (χ3n) is 5.56. The summed E-state index contributed by atoms with van der Waals surface area (Å²) in [6.07, 6.45) is 4.60. The van der Waals surface area contributed by atoms with E-state index in [4.69, 9.17) is 17.3 Å². The first kappa shape index (κ1) is 20.7. The number of piperidine rings is 1. The third kappa shape index (κ3) is 4.96. The Kier molecular flexibility index (Phi) is 6.19. The van der Waals surface area contributed by atoms with Crippen molar-refractivity contribution in [2.75, 3.05) is 18.8 Å². The maximum absolute atomic E-state index is 12.0. The molecule has 1 saturated heterocycles. The quantitative estimate of drug-likeness (QED) is 0.646. The van der Waals surface area contributed by atoms with Gasteiger partial charge in [-0.3, -0.25) is 9.47 Å². The van der Waals surface area contributed by atoms with Gasteiger partial charge >= 0.3 is 0 Å². The second kappa shape index (κ2) is 8.67. The topological polar surface area (TPSA) is 72.2 Å². The molecule has 0 amide bonds. The highest BCUT2D eigenvalue weighted by molar-refractivity contribution is 7.89. The number of nitrogens with zero attached hydrogens (tertiary/aromatic N) is 4. The van der Waals surface area contributed by atoms with Crippen LogP contribution < -0.4 is 4.72 Å². The number of nitrogens with one attached hydrogen (secondary N) is 1. The molecule has 29 heavy (non-hydrogen) atoms. The van der Waals surface area contributed by atoms with E-state index in [2.05, 4.69) is 26.3 Å².